The average molecular weight is 343 g/mol. The van der Waals surface area contributed by atoms with Crippen molar-refractivity contribution in [2.75, 3.05) is 45.7 Å². The number of carbonyl (C=O) groups excluding carboxylic acids is 2. The molecule has 0 saturated carbocycles. The molecule has 0 aromatic heterocycles. The summed E-state index contributed by atoms with van der Waals surface area (Å²) < 4.78 is 38.4. The molecule has 1 aliphatic rings. The fourth-order valence-electron chi connectivity index (χ4n) is 2.58. The highest BCUT2D eigenvalue weighted by molar-refractivity contribution is 5.97. The summed E-state index contributed by atoms with van der Waals surface area (Å²) in [5.74, 6) is -1.36. The van der Waals surface area contributed by atoms with E-state index in [-0.39, 0.29) is 5.56 Å². The Morgan fingerprint density at radius 1 is 1.25 bits per heavy atom. The molecule has 0 saturated heterocycles. The molecule has 0 fully saturated rings. The minimum atomic E-state index is -4.57. The van der Waals surface area contributed by atoms with Crippen molar-refractivity contribution >= 4 is 17.5 Å². The van der Waals surface area contributed by atoms with Gasteiger partial charge in [-0.3, -0.25) is 9.59 Å². The Bertz CT molecular complexity index is 644. The van der Waals surface area contributed by atoms with Crippen LogP contribution < -0.4 is 4.90 Å². The molecule has 5 nitrogen and oxygen atoms in total. The summed E-state index contributed by atoms with van der Waals surface area (Å²) in [4.78, 5) is 27.9. The molecular formula is C16H20F3N3O2. The van der Waals surface area contributed by atoms with Crippen LogP contribution in [0.1, 0.15) is 15.9 Å². The highest BCUT2D eigenvalue weighted by Gasteiger charge is 2.35. The van der Waals surface area contributed by atoms with Gasteiger partial charge in [0.15, 0.2) is 0 Å². The van der Waals surface area contributed by atoms with Gasteiger partial charge in [0.25, 0.3) is 5.91 Å². The number of amides is 2. The Morgan fingerprint density at radius 2 is 1.92 bits per heavy atom. The standard InChI is InChI=1S/C16H20F3N3O2/c1-20(2)14(23)9-22(10-16(17,18)19)15(24)12-5-4-11-6-7-21(3)13(11)8-12/h4-5,8H,6-7,9-10H2,1-3H3. The predicted molar refractivity (Wildman–Crippen MR) is 84.1 cm³/mol. The number of fused-ring (bicyclic) bond motifs is 1. The molecule has 0 bridgehead atoms. The van der Waals surface area contributed by atoms with Gasteiger partial charge in [-0.15, -0.1) is 0 Å². The molecule has 0 unspecified atom stereocenters. The van der Waals surface area contributed by atoms with Gasteiger partial charge in [0.2, 0.25) is 5.91 Å². The van der Waals surface area contributed by atoms with E-state index in [9.17, 15) is 22.8 Å². The minimum Gasteiger partial charge on any atom is -0.374 e. The third-order valence-corrected chi connectivity index (χ3v) is 3.94. The first kappa shape index (κ1) is 18.1. The number of likely N-dealkylation sites (N-methyl/N-ethyl adjacent to an activating group) is 2. The molecule has 0 aliphatic carbocycles. The van der Waals surface area contributed by atoms with Crippen LogP contribution in [0.2, 0.25) is 0 Å². The SMILES string of the molecule is CN(C)C(=O)CN(CC(F)(F)F)C(=O)c1ccc2c(c1)N(C)CC2. The van der Waals surface area contributed by atoms with Crippen LogP contribution >= 0.6 is 0 Å². The summed E-state index contributed by atoms with van der Waals surface area (Å²) in [6.45, 7) is -1.27. The van der Waals surface area contributed by atoms with E-state index in [1.807, 2.05) is 11.9 Å². The largest absolute Gasteiger partial charge is 0.406 e. The Kier molecular flexibility index (Phi) is 5.05. The van der Waals surface area contributed by atoms with E-state index in [1.165, 1.54) is 20.2 Å². The van der Waals surface area contributed by atoms with Gasteiger partial charge in [-0.25, -0.2) is 0 Å². The number of anilines is 1. The average Bonchev–Trinajstić information content (AvgIpc) is 2.85. The number of rotatable bonds is 4. The summed E-state index contributed by atoms with van der Waals surface area (Å²) in [7, 11) is 4.73. The highest BCUT2D eigenvalue weighted by atomic mass is 19.4. The fourth-order valence-corrected chi connectivity index (χ4v) is 2.58. The van der Waals surface area contributed by atoms with Crippen LogP contribution in [-0.2, 0) is 11.2 Å². The molecular weight excluding hydrogens is 323 g/mol. The monoisotopic (exact) mass is 343 g/mol. The third-order valence-electron chi connectivity index (χ3n) is 3.94. The zero-order valence-electron chi connectivity index (χ0n) is 13.9. The van der Waals surface area contributed by atoms with Gasteiger partial charge < -0.3 is 14.7 Å². The van der Waals surface area contributed by atoms with Gasteiger partial charge in [-0.2, -0.15) is 13.2 Å². The minimum absolute atomic E-state index is 0.151. The molecule has 1 aromatic rings. The summed E-state index contributed by atoms with van der Waals surface area (Å²) in [6, 6.07) is 4.86. The van der Waals surface area contributed by atoms with Crippen LogP contribution in [0.4, 0.5) is 18.9 Å². The summed E-state index contributed by atoms with van der Waals surface area (Å²) in [5.41, 5.74) is 2.05. The number of alkyl halides is 3. The first-order chi connectivity index (χ1) is 11.1. The lowest BCUT2D eigenvalue weighted by atomic mass is 10.1. The Labute approximate surface area is 138 Å². The first-order valence-corrected chi connectivity index (χ1v) is 7.49. The van der Waals surface area contributed by atoms with Crippen LogP contribution in [0.3, 0.4) is 0 Å². The lowest BCUT2D eigenvalue weighted by Gasteiger charge is -2.25. The van der Waals surface area contributed by atoms with Gasteiger partial charge in [0, 0.05) is 38.9 Å². The van der Waals surface area contributed by atoms with Crippen LogP contribution in [0.15, 0.2) is 18.2 Å². The molecule has 0 spiro atoms. The lowest BCUT2D eigenvalue weighted by Crippen LogP contribution is -2.44. The van der Waals surface area contributed by atoms with Crippen molar-refractivity contribution in [3.8, 4) is 0 Å². The summed E-state index contributed by atoms with van der Waals surface area (Å²) in [5, 5.41) is 0. The van der Waals surface area contributed by atoms with Crippen molar-refractivity contribution in [2.45, 2.75) is 12.6 Å². The molecule has 2 amide bonds. The summed E-state index contributed by atoms with van der Waals surface area (Å²) >= 11 is 0. The molecule has 0 radical (unpaired) electrons. The van der Waals surface area contributed by atoms with E-state index < -0.39 is 31.1 Å². The number of nitrogens with zero attached hydrogens (tertiary/aromatic N) is 3. The smallest absolute Gasteiger partial charge is 0.374 e. The van der Waals surface area contributed by atoms with E-state index in [0.717, 1.165) is 29.1 Å². The van der Waals surface area contributed by atoms with Crippen molar-refractivity contribution in [2.24, 2.45) is 0 Å². The van der Waals surface area contributed by atoms with Crippen molar-refractivity contribution in [3.63, 3.8) is 0 Å². The highest BCUT2D eigenvalue weighted by Crippen LogP contribution is 2.28. The summed E-state index contributed by atoms with van der Waals surface area (Å²) in [6.07, 6.45) is -3.73. The second-order valence-corrected chi connectivity index (χ2v) is 6.08. The van der Waals surface area contributed by atoms with E-state index in [0.29, 0.717) is 4.90 Å². The molecule has 2 rings (SSSR count). The zero-order chi connectivity index (χ0) is 18.1. The van der Waals surface area contributed by atoms with Crippen LogP contribution in [0.25, 0.3) is 0 Å². The predicted octanol–water partition coefficient (Wildman–Crippen LogP) is 1.77. The number of carbonyl (C=O) groups is 2. The molecule has 24 heavy (non-hydrogen) atoms. The second-order valence-electron chi connectivity index (χ2n) is 6.08. The van der Waals surface area contributed by atoms with Crippen molar-refractivity contribution in [1.29, 1.82) is 0 Å². The Balaban J connectivity index is 2.27. The van der Waals surface area contributed by atoms with E-state index in [4.69, 9.17) is 0 Å². The normalized spacial score (nSPS) is 13.7. The number of halogens is 3. The molecule has 0 N–H and O–H groups in total. The zero-order valence-corrected chi connectivity index (χ0v) is 13.9. The topological polar surface area (TPSA) is 43.9 Å². The van der Waals surface area contributed by atoms with Crippen LogP contribution in [0.5, 0.6) is 0 Å². The second kappa shape index (κ2) is 6.70. The molecule has 132 valence electrons. The molecule has 1 heterocycles. The van der Waals surface area contributed by atoms with E-state index >= 15 is 0 Å². The first-order valence-electron chi connectivity index (χ1n) is 7.49. The molecule has 0 atom stereocenters. The van der Waals surface area contributed by atoms with Gasteiger partial charge in [-0.05, 0) is 24.1 Å². The maximum Gasteiger partial charge on any atom is 0.406 e. The van der Waals surface area contributed by atoms with Crippen molar-refractivity contribution in [3.05, 3.63) is 29.3 Å². The van der Waals surface area contributed by atoms with Gasteiger partial charge in [0.1, 0.15) is 13.1 Å². The van der Waals surface area contributed by atoms with Gasteiger partial charge in [-0.1, -0.05) is 6.07 Å². The molecule has 1 aliphatic heterocycles. The maximum absolute atomic E-state index is 12.8. The number of hydrogen-bond acceptors (Lipinski definition) is 3. The maximum atomic E-state index is 12.8. The lowest BCUT2D eigenvalue weighted by molar-refractivity contribution is -0.146. The Hall–Kier alpha value is -2.25. The van der Waals surface area contributed by atoms with Crippen LogP contribution in [-0.4, -0.2) is 68.6 Å². The molecule has 1 aromatic carbocycles. The quantitative estimate of drug-likeness (QED) is 0.837. The van der Waals surface area contributed by atoms with Gasteiger partial charge in [0.05, 0.1) is 0 Å². The number of benzene rings is 1. The number of hydrogen-bond donors (Lipinski definition) is 0. The third kappa shape index (κ3) is 4.18. The van der Waals surface area contributed by atoms with Crippen molar-refractivity contribution in [1.82, 2.24) is 9.80 Å². The van der Waals surface area contributed by atoms with Crippen molar-refractivity contribution < 1.29 is 22.8 Å². The van der Waals surface area contributed by atoms with E-state index in [2.05, 4.69) is 0 Å². The van der Waals surface area contributed by atoms with Gasteiger partial charge >= 0.3 is 6.18 Å². The van der Waals surface area contributed by atoms with Crippen LogP contribution in [0, 0.1) is 0 Å². The van der Waals surface area contributed by atoms with E-state index in [1.54, 1.807) is 12.1 Å². The molecule has 8 heteroatoms. The fraction of sp³-hybridized carbons (Fsp3) is 0.500. The Morgan fingerprint density at radius 3 is 2.50 bits per heavy atom.